The Hall–Kier alpha value is -3.30. The average Bonchev–Trinajstić information content (AvgIpc) is 3.29. The van der Waals surface area contributed by atoms with E-state index in [0.717, 1.165) is 12.6 Å². The van der Waals surface area contributed by atoms with Crippen LogP contribution in [0, 0.1) is 11.2 Å². The fraction of sp³-hybridized carbons (Fsp3) is 0.304. The van der Waals surface area contributed by atoms with E-state index in [4.69, 9.17) is 37.4 Å². The number of pyridine rings is 1. The highest BCUT2D eigenvalue weighted by atomic mass is 35.5. The van der Waals surface area contributed by atoms with Gasteiger partial charge >= 0.3 is 0 Å². The maximum absolute atomic E-state index is 15.0. The molecule has 33 heavy (non-hydrogen) atoms. The first-order valence-electron chi connectivity index (χ1n) is 10.7. The third-order valence-corrected chi connectivity index (χ3v) is 6.33. The molecule has 1 aromatic carbocycles. The normalized spacial score (nSPS) is 18.5. The molecule has 8 nitrogen and oxygen atoms in total. The number of hydrogen-bond acceptors (Lipinski definition) is 7. The second-order valence-electron chi connectivity index (χ2n) is 8.05. The highest BCUT2D eigenvalue weighted by Crippen LogP contribution is 2.32. The Morgan fingerprint density at radius 1 is 1.30 bits per heavy atom. The second-order valence-corrected chi connectivity index (χ2v) is 8.49. The molecule has 2 aliphatic heterocycles. The van der Waals surface area contributed by atoms with E-state index in [2.05, 4.69) is 0 Å². The van der Waals surface area contributed by atoms with Crippen LogP contribution in [0.5, 0.6) is 0 Å². The van der Waals surface area contributed by atoms with Crippen molar-refractivity contribution in [1.29, 1.82) is 5.41 Å². The van der Waals surface area contributed by atoms with Gasteiger partial charge in [-0.2, -0.15) is 0 Å². The van der Waals surface area contributed by atoms with Crippen LogP contribution >= 0.6 is 11.6 Å². The number of ether oxygens (including phenoxy) is 1. The predicted octanol–water partition coefficient (Wildman–Crippen LogP) is 2.89. The van der Waals surface area contributed by atoms with E-state index in [1.807, 2.05) is 4.90 Å². The van der Waals surface area contributed by atoms with Crippen molar-refractivity contribution in [3.63, 3.8) is 0 Å². The SMILES string of the molecule is N=C/C(=C\N)C1CN(c2cc3c(=O)n4c(nc3c(-c3ccc(Cl)cc3F)n2)CCC4)CCO1. The molecule has 0 bridgehead atoms. The number of nitrogens with one attached hydrogen (secondary N) is 1. The number of anilines is 1. The van der Waals surface area contributed by atoms with Gasteiger partial charge in [0.1, 0.15) is 34.8 Å². The molecule has 0 amide bonds. The molecule has 3 N–H and O–H groups in total. The van der Waals surface area contributed by atoms with Crippen molar-refractivity contribution in [1.82, 2.24) is 14.5 Å². The summed E-state index contributed by atoms with van der Waals surface area (Å²) in [5, 5.41) is 8.23. The Bertz CT molecular complexity index is 1360. The first kappa shape index (κ1) is 21.5. The minimum absolute atomic E-state index is 0.154. The van der Waals surface area contributed by atoms with Crippen LogP contribution in [-0.2, 0) is 17.7 Å². The van der Waals surface area contributed by atoms with Crippen LogP contribution in [0.25, 0.3) is 22.2 Å². The van der Waals surface area contributed by atoms with Gasteiger partial charge < -0.3 is 20.8 Å². The molecule has 4 heterocycles. The topological polar surface area (TPSA) is 110 Å². The van der Waals surface area contributed by atoms with Gasteiger partial charge in [-0.3, -0.25) is 9.36 Å². The van der Waals surface area contributed by atoms with Gasteiger partial charge in [0.05, 0.1) is 12.0 Å². The molecular weight excluding hydrogens is 447 g/mol. The number of nitrogens with zero attached hydrogens (tertiary/aromatic N) is 4. The molecule has 170 valence electrons. The highest BCUT2D eigenvalue weighted by molar-refractivity contribution is 6.30. The van der Waals surface area contributed by atoms with E-state index in [1.165, 1.54) is 12.3 Å². The molecule has 0 spiro atoms. The van der Waals surface area contributed by atoms with E-state index in [-0.39, 0.29) is 16.1 Å². The van der Waals surface area contributed by atoms with Crippen molar-refractivity contribution < 1.29 is 9.13 Å². The van der Waals surface area contributed by atoms with E-state index in [0.29, 0.717) is 66.5 Å². The molecule has 3 aromatic rings. The third-order valence-electron chi connectivity index (χ3n) is 6.10. The molecule has 1 atom stereocenters. The number of aryl methyl sites for hydroxylation is 1. The van der Waals surface area contributed by atoms with Crippen molar-refractivity contribution in [3.8, 4) is 11.3 Å². The lowest BCUT2D eigenvalue weighted by molar-refractivity contribution is 0.0676. The Balaban J connectivity index is 1.71. The van der Waals surface area contributed by atoms with Crippen molar-refractivity contribution in [2.24, 2.45) is 5.73 Å². The Labute approximate surface area is 194 Å². The average molecular weight is 469 g/mol. The third kappa shape index (κ3) is 3.77. The first-order chi connectivity index (χ1) is 16.0. The fourth-order valence-corrected chi connectivity index (χ4v) is 4.57. The monoisotopic (exact) mass is 468 g/mol. The minimum atomic E-state index is -0.534. The van der Waals surface area contributed by atoms with Gasteiger partial charge in [-0.05, 0) is 30.7 Å². The summed E-state index contributed by atoms with van der Waals surface area (Å²) < 4.78 is 22.4. The van der Waals surface area contributed by atoms with Crippen LogP contribution in [0.15, 0.2) is 40.8 Å². The van der Waals surface area contributed by atoms with E-state index >= 15 is 0 Å². The molecule has 0 radical (unpaired) electrons. The van der Waals surface area contributed by atoms with E-state index in [1.54, 1.807) is 22.8 Å². The zero-order valence-electron chi connectivity index (χ0n) is 17.7. The van der Waals surface area contributed by atoms with E-state index in [9.17, 15) is 9.18 Å². The Morgan fingerprint density at radius 3 is 2.91 bits per heavy atom. The zero-order chi connectivity index (χ0) is 23.1. The highest BCUT2D eigenvalue weighted by Gasteiger charge is 2.27. The lowest BCUT2D eigenvalue weighted by Crippen LogP contribution is -2.44. The molecule has 10 heteroatoms. The standard InChI is InChI=1S/C23H22ClFN6O2/c24-14-3-4-15(17(25)8-14)21-22-16(23(32)31-5-1-2-19(31)28-22)9-20(29-21)30-6-7-33-18(12-30)13(10-26)11-27/h3-4,8-11,18,26H,1-2,5-7,12,27H2/b13-11+,26-10?. The molecule has 1 saturated heterocycles. The quantitative estimate of drug-likeness (QED) is 0.570. The van der Waals surface area contributed by atoms with Gasteiger partial charge in [0.2, 0.25) is 0 Å². The number of aromatic nitrogens is 3. The van der Waals surface area contributed by atoms with Crippen molar-refractivity contribution in [2.75, 3.05) is 24.6 Å². The number of halogens is 2. The van der Waals surface area contributed by atoms with Gasteiger partial charge in [-0.25, -0.2) is 14.4 Å². The Morgan fingerprint density at radius 2 is 2.15 bits per heavy atom. The molecule has 0 aliphatic carbocycles. The largest absolute Gasteiger partial charge is 0.404 e. The summed E-state index contributed by atoms with van der Waals surface area (Å²) in [6.07, 6.45) is 3.64. The number of fused-ring (bicyclic) bond motifs is 2. The molecule has 0 saturated carbocycles. The summed E-state index contributed by atoms with van der Waals surface area (Å²) in [4.78, 5) is 24.8. The van der Waals surface area contributed by atoms with Crippen LogP contribution in [0.2, 0.25) is 5.02 Å². The molecule has 1 fully saturated rings. The maximum Gasteiger partial charge on any atom is 0.261 e. The maximum atomic E-state index is 15.0. The van der Waals surface area contributed by atoms with Crippen LogP contribution in [0.3, 0.4) is 0 Å². The predicted molar refractivity (Wildman–Crippen MR) is 126 cm³/mol. The van der Waals surface area contributed by atoms with Crippen LogP contribution in [0.1, 0.15) is 12.2 Å². The Kier molecular flexibility index (Phi) is 5.59. The summed E-state index contributed by atoms with van der Waals surface area (Å²) in [5.74, 6) is 0.666. The summed E-state index contributed by atoms with van der Waals surface area (Å²) in [7, 11) is 0. The van der Waals surface area contributed by atoms with E-state index < -0.39 is 11.9 Å². The number of hydrogen-bond donors (Lipinski definition) is 2. The zero-order valence-corrected chi connectivity index (χ0v) is 18.5. The minimum Gasteiger partial charge on any atom is -0.404 e. The molecule has 2 aliphatic rings. The molecular formula is C23H22ClFN6O2. The molecule has 2 aromatic heterocycles. The lowest BCUT2D eigenvalue weighted by Gasteiger charge is -2.34. The molecule has 1 unspecified atom stereocenters. The number of benzene rings is 1. The van der Waals surface area contributed by atoms with Gasteiger partial charge in [0, 0.05) is 54.6 Å². The summed E-state index contributed by atoms with van der Waals surface area (Å²) in [6.45, 7) is 1.91. The second kappa shape index (κ2) is 8.57. The van der Waals surface area contributed by atoms with Gasteiger partial charge in [-0.1, -0.05) is 11.6 Å². The smallest absolute Gasteiger partial charge is 0.261 e. The van der Waals surface area contributed by atoms with Crippen molar-refractivity contribution >= 4 is 34.5 Å². The van der Waals surface area contributed by atoms with Crippen LogP contribution in [0.4, 0.5) is 10.2 Å². The first-order valence-corrected chi connectivity index (χ1v) is 11.1. The molecule has 5 rings (SSSR count). The van der Waals surface area contributed by atoms with Crippen molar-refractivity contribution in [2.45, 2.75) is 25.5 Å². The lowest BCUT2D eigenvalue weighted by atomic mass is 10.1. The van der Waals surface area contributed by atoms with Crippen molar-refractivity contribution in [3.05, 3.63) is 63.1 Å². The number of nitrogens with two attached hydrogens (primary N) is 1. The van der Waals surface area contributed by atoms with Gasteiger partial charge in [-0.15, -0.1) is 0 Å². The number of rotatable bonds is 4. The van der Waals surface area contributed by atoms with Gasteiger partial charge in [0.15, 0.2) is 0 Å². The van der Waals surface area contributed by atoms with Crippen LogP contribution in [-0.4, -0.2) is 46.6 Å². The summed E-state index contributed by atoms with van der Waals surface area (Å²) >= 11 is 5.97. The van der Waals surface area contributed by atoms with Gasteiger partial charge in [0.25, 0.3) is 5.56 Å². The fourth-order valence-electron chi connectivity index (χ4n) is 4.41. The van der Waals surface area contributed by atoms with Crippen LogP contribution < -0.4 is 16.2 Å². The summed E-state index contributed by atoms with van der Waals surface area (Å²) in [6, 6.07) is 6.09. The number of morpholine rings is 1. The summed E-state index contributed by atoms with van der Waals surface area (Å²) in [5.41, 5.74) is 6.94.